The van der Waals surface area contributed by atoms with Crippen molar-refractivity contribution in [2.75, 3.05) is 6.61 Å². The normalized spacial score (nSPS) is 29.5. The number of imidazole rings is 1. The third-order valence-electron chi connectivity index (χ3n) is 4.87. The molecule has 2 atom stereocenters. The minimum atomic E-state index is -0.557. The summed E-state index contributed by atoms with van der Waals surface area (Å²) < 4.78 is 14.5. The van der Waals surface area contributed by atoms with E-state index in [1.807, 2.05) is 38.6 Å². The first-order valence-electron chi connectivity index (χ1n) is 8.98. The highest BCUT2D eigenvalue weighted by atomic mass is 79.9. The molecule has 1 N–H and O–H groups in total. The van der Waals surface area contributed by atoms with Crippen LogP contribution in [0.4, 0.5) is 0 Å². The Bertz CT molecular complexity index is 626. The van der Waals surface area contributed by atoms with Gasteiger partial charge in [0.15, 0.2) is 0 Å². The topological polar surface area (TPSA) is 65.4 Å². The van der Waals surface area contributed by atoms with E-state index in [4.69, 9.17) is 9.47 Å². The minimum Gasteiger partial charge on any atom is -0.458 e. The van der Waals surface area contributed by atoms with Gasteiger partial charge in [-0.2, -0.15) is 0 Å². The third-order valence-corrected chi connectivity index (χ3v) is 5.25. The van der Waals surface area contributed by atoms with Gasteiger partial charge in [-0.25, -0.2) is 9.78 Å². The lowest BCUT2D eigenvalue weighted by atomic mass is 9.76. The van der Waals surface area contributed by atoms with Gasteiger partial charge in [0.05, 0.1) is 0 Å². The number of hydrogen-bond acceptors (Lipinski definition) is 5. The quantitative estimate of drug-likeness (QED) is 0.768. The number of esters is 1. The molecule has 2 bridgehead atoms. The van der Waals surface area contributed by atoms with Crippen LogP contribution >= 0.6 is 15.9 Å². The molecule has 7 heteroatoms. The standard InChI is InChI=1S/C18H28BrN3O3/c1-17(2,3)25-15(23)11-24-18(16-21-14(19)10-22(16)4)8-12-6-5-7-13(9-18)20-12/h10,12-13,20H,5-9,11H2,1-4H3. The van der Waals surface area contributed by atoms with Gasteiger partial charge in [-0.05, 0) is 62.4 Å². The fourth-order valence-corrected chi connectivity index (χ4v) is 4.57. The lowest BCUT2D eigenvalue weighted by Gasteiger charge is -2.47. The molecule has 2 saturated heterocycles. The second-order valence-corrected chi connectivity index (χ2v) is 9.08. The van der Waals surface area contributed by atoms with Crippen LogP contribution in [0, 0.1) is 0 Å². The molecule has 0 aliphatic carbocycles. The monoisotopic (exact) mass is 413 g/mol. The molecule has 2 aliphatic rings. The average molecular weight is 414 g/mol. The first-order valence-corrected chi connectivity index (χ1v) is 9.77. The molecule has 0 radical (unpaired) electrons. The lowest BCUT2D eigenvalue weighted by Crippen LogP contribution is -2.56. The van der Waals surface area contributed by atoms with Gasteiger partial charge in [0.2, 0.25) is 0 Å². The molecular weight excluding hydrogens is 386 g/mol. The zero-order valence-corrected chi connectivity index (χ0v) is 17.1. The number of nitrogens with zero attached hydrogens (tertiary/aromatic N) is 2. The van der Waals surface area contributed by atoms with Crippen molar-refractivity contribution < 1.29 is 14.3 Å². The maximum absolute atomic E-state index is 12.2. The largest absolute Gasteiger partial charge is 0.458 e. The van der Waals surface area contributed by atoms with Crippen LogP contribution in [0.1, 0.15) is 58.7 Å². The van der Waals surface area contributed by atoms with Crippen LogP contribution in [-0.2, 0) is 26.9 Å². The van der Waals surface area contributed by atoms with Crippen molar-refractivity contribution >= 4 is 21.9 Å². The maximum atomic E-state index is 12.2. The Morgan fingerprint density at radius 1 is 1.40 bits per heavy atom. The molecule has 0 aromatic carbocycles. The van der Waals surface area contributed by atoms with Crippen LogP contribution < -0.4 is 5.32 Å². The third kappa shape index (κ3) is 4.44. The first kappa shape index (κ1) is 18.9. The van der Waals surface area contributed by atoms with Crippen molar-refractivity contribution in [3.05, 3.63) is 16.6 Å². The molecule has 0 spiro atoms. The zero-order chi connectivity index (χ0) is 18.2. The summed E-state index contributed by atoms with van der Waals surface area (Å²) in [6.07, 6.45) is 7.10. The van der Waals surface area contributed by atoms with Crippen LogP contribution in [0.5, 0.6) is 0 Å². The van der Waals surface area contributed by atoms with Crippen molar-refractivity contribution in [1.82, 2.24) is 14.9 Å². The van der Waals surface area contributed by atoms with Gasteiger partial charge in [0.25, 0.3) is 0 Å². The fourth-order valence-electron chi connectivity index (χ4n) is 4.10. The number of carbonyl (C=O) groups excluding carboxylic acids is 1. The van der Waals surface area contributed by atoms with E-state index in [1.54, 1.807) is 0 Å². The van der Waals surface area contributed by atoms with Crippen molar-refractivity contribution in [2.24, 2.45) is 7.05 Å². The number of aryl methyl sites for hydroxylation is 1. The zero-order valence-electron chi connectivity index (χ0n) is 15.5. The van der Waals surface area contributed by atoms with E-state index in [1.165, 1.54) is 6.42 Å². The first-order chi connectivity index (χ1) is 11.7. The summed E-state index contributed by atoms with van der Waals surface area (Å²) in [6, 6.07) is 0.809. The van der Waals surface area contributed by atoms with E-state index in [0.717, 1.165) is 36.1 Å². The molecule has 0 amide bonds. The van der Waals surface area contributed by atoms with E-state index in [0.29, 0.717) is 12.1 Å². The van der Waals surface area contributed by atoms with Crippen LogP contribution in [0.3, 0.4) is 0 Å². The number of rotatable bonds is 4. The number of nitrogens with one attached hydrogen (secondary N) is 1. The highest BCUT2D eigenvalue weighted by Crippen LogP contribution is 2.42. The Morgan fingerprint density at radius 3 is 2.56 bits per heavy atom. The second-order valence-electron chi connectivity index (χ2n) is 8.27. The molecule has 25 heavy (non-hydrogen) atoms. The number of fused-ring (bicyclic) bond motifs is 2. The molecule has 1 aromatic rings. The van der Waals surface area contributed by atoms with Gasteiger partial charge in [-0.1, -0.05) is 6.42 Å². The Hall–Kier alpha value is -0.920. The molecule has 2 unspecified atom stereocenters. The molecule has 3 rings (SSSR count). The van der Waals surface area contributed by atoms with Crippen LogP contribution in [0.25, 0.3) is 0 Å². The molecule has 6 nitrogen and oxygen atoms in total. The van der Waals surface area contributed by atoms with E-state index in [9.17, 15) is 4.79 Å². The van der Waals surface area contributed by atoms with Crippen molar-refractivity contribution in [3.63, 3.8) is 0 Å². The highest BCUT2D eigenvalue weighted by molar-refractivity contribution is 9.10. The Balaban J connectivity index is 1.83. The van der Waals surface area contributed by atoms with Gasteiger partial charge in [0.1, 0.15) is 28.2 Å². The summed E-state index contributed by atoms with van der Waals surface area (Å²) >= 11 is 3.46. The van der Waals surface area contributed by atoms with Gasteiger partial charge < -0.3 is 19.4 Å². The smallest absolute Gasteiger partial charge is 0.332 e. The predicted molar refractivity (Wildman–Crippen MR) is 98.2 cm³/mol. The summed E-state index contributed by atoms with van der Waals surface area (Å²) in [5.41, 5.74) is -1.07. The van der Waals surface area contributed by atoms with Gasteiger partial charge in [-0.15, -0.1) is 0 Å². The Morgan fingerprint density at radius 2 is 2.04 bits per heavy atom. The van der Waals surface area contributed by atoms with Crippen molar-refractivity contribution in [2.45, 2.75) is 76.2 Å². The fraction of sp³-hybridized carbons (Fsp3) is 0.778. The van der Waals surface area contributed by atoms with Crippen LogP contribution in [0.2, 0.25) is 0 Å². The van der Waals surface area contributed by atoms with Gasteiger partial charge >= 0.3 is 5.97 Å². The summed E-state index contributed by atoms with van der Waals surface area (Å²) in [5.74, 6) is 0.546. The van der Waals surface area contributed by atoms with E-state index in [-0.39, 0.29) is 12.6 Å². The Labute approximate surface area is 157 Å². The Kier molecular flexibility index (Phi) is 5.28. The number of hydrogen-bond donors (Lipinski definition) is 1. The SMILES string of the molecule is Cn1cc(Br)nc1C1(OCC(=O)OC(C)(C)C)CC2CCCC(C1)N2. The maximum Gasteiger partial charge on any atom is 0.332 e. The number of ether oxygens (including phenoxy) is 2. The molecule has 0 saturated carbocycles. The number of carbonyl (C=O) groups is 1. The van der Waals surface area contributed by atoms with E-state index in [2.05, 4.69) is 26.2 Å². The number of piperidine rings is 2. The van der Waals surface area contributed by atoms with Gasteiger partial charge in [0, 0.05) is 25.3 Å². The van der Waals surface area contributed by atoms with Crippen LogP contribution in [0.15, 0.2) is 10.8 Å². The molecule has 140 valence electrons. The molecule has 2 fully saturated rings. The summed E-state index contributed by atoms with van der Waals surface area (Å²) in [7, 11) is 1.98. The van der Waals surface area contributed by atoms with E-state index < -0.39 is 11.2 Å². The molecule has 3 heterocycles. The van der Waals surface area contributed by atoms with Gasteiger partial charge in [-0.3, -0.25) is 0 Å². The predicted octanol–water partition coefficient (Wildman–Crippen LogP) is 3.04. The average Bonchev–Trinajstić information content (AvgIpc) is 2.82. The highest BCUT2D eigenvalue weighted by Gasteiger charge is 2.47. The summed E-state index contributed by atoms with van der Waals surface area (Å²) in [5, 5.41) is 3.68. The molecular formula is C18H28BrN3O3. The molecule has 1 aromatic heterocycles. The van der Waals surface area contributed by atoms with Crippen molar-refractivity contribution in [3.8, 4) is 0 Å². The minimum absolute atomic E-state index is 0.0544. The summed E-state index contributed by atoms with van der Waals surface area (Å²) in [4.78, 5) is 16.9. The lowest BCUT2D eigenvalue weighted by molar-refractivity contribution is -0.173. The summed E-state index contributed by atoms with van der Waals surface area (Å²) in [6.45, 7) is 5.55. The number of aromatic nitrogens is 2. The molecule has 2 aliphatic heterocycles. The van der Waals surface area contributed by atoms with Crippen LogP contribution in [-0.4, -0.2) is 39.8 Å². The second kappa shape index (κ2) is 7.00. The number of halogens is 1. The van der Waals surface area contributed by atoms with E-state index >= 15 is 0 Å². The van der Waals surface area contributed by atoms with Crippen molar-refractivity contribution in [1.29, 1.82) is 0 Å².